The van der Waals surface area contributed by atoms with Gasteiger partial charge in [-0.2, -0.15) is 15.1 Å². The van der Waals surface area contributed by atoms with Crippen LogP contribution in [-0.4, -0.2) is 46.1 Å². The third-order valence-electron chi connectivity index (χ3n) is 5.17. The number of benzene rings is 2. The molecule has 0 spiro atoms. The number of hydrogen-bond acceptors (Lipinski definition) is 8. The summed E-state index contributed by atoms with van der Waals surface area (Å²) in [5.41, 5.74) is 1.56. The zero-order valence-corrected chi connectivity index (χ0v) is 20.5. The number of hydrazone groups is 1. The molecule has 2 N–H and O–H groups in total. The van der Waals surface area contributed by atoms with Crippen molar-refractivity contribution in [3.05, 3.63) is 83.8 Å². The second-order valence-electron chi connectivity index (χ2n) is 7.87. The molecule has 186 valence electrons. The predicted octanol–water partition coefficient (Wildman–Crippen LogP) is 4.36. The molecule has 0 fully saturated rings. The van der Waals surface area contributed by atoms with Crippen LogP contribution in [0.1, 0.15) is 18.2 Å². The number of carbonyl (C=O) groups excluding carboxylic acids is 2. The molecule has 0 saturated carbocycles. The van der Waals surface area contributed by atoms with Crippen LogP contribution < -0.4 is 14.8 Å². The van der Waals surface area contributed by atoms with Gasteiger partial charge in [0.25, 0.3) is 5.91 Å². The second kappa shape index (κ2) is 10.5. The number of nitrogens with one attached hydrogen (secondary N) is 2. The van der Waals surface area contributed by atoms with E-state index in [0.717, 1.165) is 5.56 Å². The molecular weight excluding hydrogens is 494 g/mol. The van der Waals surface area contributed by atoms with Crippen LogP contribution in [0.25, 0.3) is 6.08 Å². The minimum Gasteiger partial charge on any atom is -0.490 e. The van der Waals surface area contributed by atoms with E-state index in [0.29, 0.717) is 46.4 Å². The van der Waals surface area contributed by atoms with E-state index in [-0.39, 0.29) is 17.3 Å². The lowest BCUT2D eigenvalue weighted by Crippen LogP contribution is -2.35. The van der Waals surface area contributed by atoms with Gasteiger partial charge >= 0.3 is 0 Å². The lowest BCUT2D eigenvalue weighted by Gasteiger charge is -2.20. The Balaban J connectivity index is 1.16. The average Bonchev–Trinajstić information content (AvgIpc) is 3.56. The van der Waals surface area contributed by atoms with E-state index in [1.807, 2.05) is 0 Å². The SMILES string of the molecule is CC(=O)Nc1ccc(OCCOc2ccc(/C=C3\C(=N)N4N=C(c5ccco5)SC4=NC3=O)cc2)cc1. The highest BCUT2D eigenvalue weighted by Crippen LogP contribution is 2.31. The van der Waals surface area contributed by atoms with Gasteiger partial charge in [0.1, 0.15) is 24.7 Å². The van der Waals surface area contributed by atoms with Crippen molar-refractivity contribution in [2.24, 2.45) is 10.1 Å². The molecule has 0 radical (unpaired) electrons. The van der Waals surface area contributed by atoms with E-state index in [2.05, 4.69) is 15.4 Å². The average molecular weight is 516 g/mol. The van der Waals surface area contributed by atoms with Crippen molar-refractivity contribution in [3.8, 4) is 11.5 Å². The summed E-state index contributed by atoms with van der Waals surface area (Å²) in [5.74, 6) is 1.18. The largest absolute Gasteiger partial charge is 0.490 e. The number of anilines is 1. The summed E-state index contributed by atoms with van der Waals surface area (Å²) in [6, 6.07) is 17.7. The second-order valence-corrected chi connectivity index (χ2v) is 8.83. The van der Waals surface area contributed by atoms with Gasteiger partial charge in [0.05, 0.1) is 11.8 Å². The number of thioether (sulfide) groups is 1. The van der Waals surface area contributed by atoms with E-state index >= 15 is 0 Å². The fourth-order valence-electron chi connectivity index (χ4n) is 3.48. The van der Waals surface area contributed by atoms with E-state index in [4.69, 9.17) is 19.3 Å². The highest BCUT2D eigenvalue weighted by molar-refractivity contribution is 8.27. The number of aliphatic imine (C=N–C) groups is 1. The fourth-order valence-corrected chi connectivity index (χ4v) is 4.33. The molecule has 3 aromatic rings. The first-order valence-electron chi connectivity index (χ1n) is 11.2. The maximum Gasteiger partial charge on any atom is 0.283 e. The van der Waals surface area contributed by atoms with E-state index < -0.39 is 5.91 Å². The quantitative estimate of drug-likeness (QED) is 0.337. The Morgan fingerprint density at radius 3 is 2.38 bits per heavy atom. The highest BCUT2D eigenvalue weighted by atomic mass is 32.2. The van der Waals surface area contributed by atoms with Gasteiger partial charge in [0.2, 0.25) is 11.1 Å². The first-order chi connectivity index (χ1) is 18.0. The maximum absolute atomic E-state index is 12.6. The Labute approximate surface area is 216 Å². The van der Waals surface area contributed by atoms with E-state index in [9.17, 15) is 9.59 Å². The molecule has 37 heavy (non-hydrogen) atoms. The summed E-state index contributed by atoms with van der Waals surface area (Å²) in [4.78, 5) is 27.8. The smallest absolute Gasteiger partial charge is 0.283 e. The number of carbonyl (C=O) groups is 2. The molecular formula is C26H21N5O5S. The van der Waals surface area contributed by atoms with Crippen LogP contribution >= 0.6 is 11.8 Å². The number of amidine groups is 2. The number of nitrogens with zero attached hydrogens (tertiary/aromatic N) is 3. The predicted molar refractivity (Wildman–Crippen MR) is 141 cm³/mol. The molecule has 2 amide bonds. The summed E-state index contributed by atoms with van der Waals surface area (Å²) < 4.78 is 16.7. The Morgan fingerprint density at radius 1 is 1.08 bits per heavy atom. The Hall–Kier alpha value is -4.64. The van der Waals surface area contributed by atoms with Crippen LogP contribution in [0, 0.1) is 5.41 Å². The third-order valence-corrected chi connectivity index (χ3v) is 6.10. The summed E-state index contributed by atoms with van der Waals surface area (Å²) in [5, 5.41) is 17.8. The van der Waals surface area contributed by atoms with E-state index in [1.165, 1.54) is 30.0 Å². The number of fused-ring (bicyclic) bond motifs is 1. The Kier molecular flexibility index (Phi) is 6.86. The van der Waals surface area contributed by atoms with Gasteiger partial charge in [-0.25, -0.2) is 0 Å². The molecule has 0 bridgehead atoms. The zero-order chi connectivity index (χ0) is 25.8. The molecule has 1 aromatic heterocycles. The molecule has 0 unspecified atom stereocenters. The van der Waals surface area contributed by atoms with Crippen LogP contribution in [0.15, 0.2) is 87.0 Å². The molecule has 0 aliphatic carbocycles. The lowest BCUT2D eigenvalue weighted by molar-refractivity contribution is -0.115. The Bertz CT molecular complexity index is 1430. The maximum atomic E-state index is 12.6. The molecule has 3 heterocycles. The van der Waals surface area contributed by atoms with Crippen molar-refractivity contribution in [2.45, 2.75) is 6.92 Å². The number of furan rings is 1. The van der Waals surface area contributed by atoms with E-state index in [1.54, 1.807) is 66.7 Å². The first kappa shape index (κ1) is 24.1. The van der Waals surface area contributed by atoms with Gasteiger partial charge in [-0.15, -0.1) is 0 Å². The van der Waals surface area contributed by atoms with Crippen molar-refractivity contribution in [1.29, 1.82) is 5.41 Å². The lowest BCUT2D eigenvalue weighted by atomic mass is 10.1. The van der Waals surface area contributed by atoms with Gasteiger partial charge in [-0.05, 0) is 71.9 Å². The summed E-state index contributed by atoms with van der Waals surface area (Å²) in [7, 11) is 0. The number of rotatable bonds is 8. The molecule has 2 aliphatic heterocycles. The van der Waals surface area contributed by atoms with Gasteiger partial charge in [-0.3, -0.25) is 15.0 Å². The summed E-state index contributed by atoms with van der Waals surface area (Å²) in [6.07, 6.45) is 3.14. The number of hydrogen-bond donors (Lipinski definition) is 2. The van der Waals surface area contributed by atoms with Crippen molar-refractivity contribution >= 4 is 51.4 Å². The van der Waals surface area contributed by atoms with Crippen molar-refractivity contribution in [2.75, 3.05) is 18.5 Å². The van der Waals surface area contributed by atoms with Crippen LogP contribution in [0.2, 0.25) is 0 Å². The van der Waals surface area contributed by atoms with Crippen LogP contribution in [-0.2, 0) is 9.59 Å². The number of ether oxygens (including phenoxy) is 2. The van der Waals surface area contributed by atoms with Gasteiger partial charge in [-0.1, -0.05) is 12.1 Å². The third kappa shape index (κ3) is 5.62. The Morgan fingerprint density at radius 2 is 1.76 bits per heavy atom. The molecule has 0 atom stereocenters. The zero-order valence-electron chi connectivity index (χ0n) is 19.6. The highest BCUT2D eigenvalue weighted by Gasteiger charge is 2.36. The van der Waals surface area contributed by atoms with Gasteiger partial charge in [0, 0.05) is 12.6 Å². The van der Waals surface area contributed by atoms with Crippen molar-refractivity contribution in [3.63, 3.8) is 0 Å². The van der Waals surface area contributed by atoms with Gasteiger partial charge < -0.3 is 19.2 Å². The molecule has 10 nitrogen and oxygen atoms in total. The minimum absolute atomic E-state index is 0.0494. The first-order valence-corrected chi connectivity index (χ1v) is 12.1. The summed E-state index contributed by atoms with van der Waals surface area (Å²) in [6.45, 7) is 2.12. The normalized spacial score (nSPS) is 15.8. The molecule has 2 aromatic carbocycles. The standard InChI is InChI=1S/C26H21N5O5S/c1-16(32)28-18-6-10-20(11-7-18)35-14-13-34-19-8-4-17(5-9-19)15-21-23(27)31-26(29-24(21)33)37-25(30-31)22-3-2-12-36-22/h2-12,15,27H,13-14H2,1H3,(H,28,32)/b21-15+,27-23?. The molecule has 2 aliphatic rings. The van der Waals surface area contributed by atoms with Gasteiger partial charge in [0.15, 0.2) is 16.6 Å². The fraction of sp³-hybridized carbons (Fsp3) is 0.115. The molecule has 5 rings (SSSR count). The molecule has 0 saturated heterocycles. The topological polar surface area (TPSA) is 130 Å². The monoisotopic (exact) mass is 515 g/mol. The van der Waals surface area contributed by atoms with Crippen LogP contribution in [0.3, 0.4) is 0 Å². The van der Waals surface area contributed by atoms with Crippen molar-refractivity contribution < 1.29 is 23.5 Å². The molecule has 11 heteroatoms. The van der Waals surface area contributed by atoms with Crippen molar-refractivity contribution in [1.82, 2.24) is 5.01 Å². The van der Waals surface area contributed by atoms with Crippen LogP contribution in [0.5, 0.6) is 11.5 Å². The number of amides is 2. The van der Waals surface area contributed by atoms with Crippen LogP contribution in [0.4, 0.5) is 5.69 Å². The minimum atomic E-state index is -0.498. The summed E-state index contributed by atoms with van der Waals surface area (Å²) >= 11 is 1.18.